The lowest BCUT2D eigenvalue weighted by atomic mass is 10.1. The van der Waals surface area contributed by atoms with E-state index in [0.717, 1.165) is 29.9 Å². The number of hydrogen-bond acceptors (Lipinski definition) is 3. The van der Waals surface area contributed by atoms with E-state index in [0.29, 0.717) is 10.0 Å². The van der Waals surface area contributed by atoms with E-state index in [-0.39, 0.29) is 6.04 Å². The zero-order chi connectivity index (χ0) is 14.5. The number of furan rings is 1. The summed E-state index contributed by atoms with van der Waals surface area (Å²) in [6.45, 7) is 2.10. The fourth-order valence-electron chi connectivity index (χ4n) is 2.00. The van der Waals surface area contributed by atoms with Crippen molar-refractivity contribution < 1.29 is 4.42 Å². The van der Waals surface area contributed by atoms with Crippen LogP contribution in [-0.2, 0) is 6.42 Å². The summed E-state index contributed by atoms with van der Waals surface area (Å²) in [6, 6.07) is 9.61. The Morgan fingerprint density at radius 2 is 2.25 bits per heavy atom. The minimum absolute atomic E-state index is 0.256. The number of halogens is 1. The highest BCUT2D eigenvalue weighted by molar-refractivity contribution is 7.80. The van der Waals surface area contributed by atoms with Gasteiger partial charge in [0.15, 0.2) is 0 Å². The Morgan fingerprint density at radius 3 is 2.90 bits per heavy atom. The van der Waals surface area contributed by atoms with Crippen molar-refractivity contribution in [3.05, 3.63) is 52.9 Å². The first-order chi connectivity index (χ1) is 9.56. The van der Waals surface area contributed by atoms with Crippen LogP contribution in [0, 0.1) is 0 Å². The molecule has 0 aliphatic rings. The Kier molecular flexibility index (Phi) is 5.04. The number of rotatable bonds is 6. The molecule has 0 aliphatic carbocycles. The topological polar surface area (TPSA) is 51.2 Å². The average Bonchev–Trinajstić information content (AvgIpc) is 2.89. The second kappa shape index (κ2) is 6.77. The quantitative estimate of drug-likeness (QED) is 0.792. The maximum absolute atomic E-state index is 6.02. The first kappa shape index (κ1) is 14.9. The Bertz CT molecular complexity index is 584. The lowest BCUT2D eigenvalue weighted by molar-refractivity contribution is 0.495. The molecule has 0 saturated carbocycles. The first-order valence-electron chi connectivity index (χ1n) is 6.44. The molecular formula is C15H17ClN2OS. The molecule has 1 aromatic heterocycles. The number of thiocarbonyl (C=S) groups is 1. The van der Waals surface area contributed by atoms with Gasteiger partial charge in [0, 0.05) is 28.7 Å². The van der Waals surface area contributed by atoms with Gasteiger partial charge in [-0.05, 0) is 43.7 Å². The minimum Gasteiger partial charge on any atom is -0.469 e. The molecule has 0 amide bonds. The third-order valence-electron chi connectivity index (χ3n) is 3.05. The fraction of sp³-hybridized carbons (Fsp3) is 0.267. The van der Waals surface area contributed by atoms with Crippen LogP contribution in [0.25, 0.3) is 0 Å². The maximum atomic E-state index is 6.02. The van der Waals surface area contributed by atoms with Gasteiger partial charge in [-0.25, -0.2) is 0 Å². The van der Waals surface area contributed by atoms with Crippen LogP contribution >= 0.6 is 23.8 Å². The smallest absolute Gasteiger partial charge is 0.106 e. The number of anilines is 1. The van der Waals surface area contributed by atoms with Crippen molar-refractivity contribution in [2.24, 2.45) is 5.73 Å². The van der Waals surface area contributed by atoms with Crippen molar-refractivity contribution >= 4 is 34.5 Å². The summed E-state index contributed by atoms with van der Waals surface area (Å²) in [4.78, 5) is 0.363. The maximum Gasteiger partial charge on any atom is 0.106 e. The van der Waals surface area contributed by atoms with E-state index in [4.69, 9.17) is 34.0 Å². The van der Waals surface area contributed by atoms with Gasteiger partial charge in [0.2, 0.25) is 0 Å². The zero-order valence-corrected chi connectivity index (χ0v) is 12.8. The second-order valence-electron chi connectivity index (χ2n) is 4.72. The molecule has 0 radical (unpaired) electrons. The highest BCUT2D eigenvalue weighted by Gasteiger charge is 2.10. The van der Waals surface area contributed by atoms with Gasteiger partial charge in [0.25, 0.3) is 0 Å². The Labute approximate surface area is 129 Å². The predicted octanol–water partition coefficient (Wildman–Crippen LogP) is 4.00. The fourth-order valence-corrected chi connectivity index (χ4v) is 2.35. The van der Waals surface area contributed by atoms with E-state index in [1.165, 1.54) is 0 Å². The molecule has 0 fully saturated rings. The molecule has 1 heterocycles. The zero-order valence-electron chi connectivity index (χ0n) is 11.2. The third kappa shape index (κ3) is 3.99. The van der Waals surface area contributed by atoms with Crippen LogP contribution in [-0.4, -0.2) is 11.0 Å². The van der Waals surface area contributed by atoms with E-state index >= 15 is 0 Å². The van der Waals surface area contributed by atoms with Gasteiger partial charge >= 0.3 is 0 Å². The van der Waals surface area contributed by atoms with Crippen LogP contribution in [0.15, 0.2) is 41.0 Å². The van der Waals surface area contributed by atoms with Crippen molar-refractivity contribution in [3.63, 3.8) is 0 Å². The largest absolute Gasteiger partial charge is 0.469 e. The van der Waals surface area contributed by atoms with E-state index < -0.39 is 0 Å². The molecule has 2 aromatic rings. The molecule has 106 valence electrons. The van der Waals surface area contributed by atoms with Crippen molar-refractivity contribution in [2.45, 2.75) is 25.8 Å². The van der Waals surface area contributed by atoms with Crippen molar-refractivity contribution in [3.8, 4) is 0 Å². The highest BCUT2D eigenvalue weighted by atomic mass is 35.5. The number of nitrogens with two attached hydrogens (primary N) is 1. The van der Waals surface area contributed by atoms with Crippen LogP contribution in [0.4, 0.5) is 5.69 Å². The third-order valence-corrected chi connectivity index (χ3v) is 3.51. The molecule has 3 N–H and O–H groups in total. The number of nitrogens with one attached hydrogen (secondary N) is 1. The standard InChI is InChI=1S/C15H17ClN2OS/c1-10(4-6-12-3-2-8-19-12)18-14-9-11(16)5-7-13(14)15(17)20/h2-3,5,7-10,18H,4,6H2,1H3,(H2,17,20). The van der Waals surface area contributed by atoms with Crippen molar-refractivity contribution in [1.29, 1.82) is 0 Å². The highest BCUT2D eigenvalue weighted by Crippen LogP contribution is 2.22. The molecule has 3 nitrogen and oxygen atoms in total. The van der Waals surface area contributed by atoms with Gasteiger partial charge < -0.3 is 15.5 Å². The molecule has 1 aromatic carbocycles. The molecule has 2 rings (SSSR count). The van der Waals surface area contributed by atoms with Gasteiger partial charge in [-0.3, -0.25) is 0 Å². The summed E-state index contributed by atoms with van der Waals surface area (Å²) in [5.74, 6) is 0.985. The molecule has 5 heteroatoms. The monoisotopic (exact) mass is 308 g/mol. The summed E-state index contributed by atoms with van der Waals surface area (Å²) < 4.78 is 5.33. The Morgan fingerprint density at radius 1 is 1.45 bits per heavy atom. The first-order valence-corrected chi connectivity index (χ1v) is 7.23. The summed E-state index contributed by atoms with van der Waals surface area (Å²) in [5, 5.41) is 4.06. The van der Waals surface area contributed by atoms with Gasteiger partial charge in [-0.2, -0.15) is 0 Å². The molecule has 1 atom stereocenters. The average molecular weight is 309 g/mol. The molecule has 0 saturated heterocycles. The normalized spacial score (nSPS) is 12.1. The molecule has 0 spiro atoms. The van der Waals surface area contributed by atoms with Crippen LogP contribution < -0.4 is 11.1 Å². The summed E-state index contributed by atoms with van der Waals surface area (Å²) in [6.07, 6.45) is 3.51. The van der Waals surface area contributed by atoms with Gasteiger partial charge in [-0.1, -0.05) is 23.8 Å². The lowest BCUT2D eigenvalue weighted by Gasteiger charge is -2.17. The SMILES string of the molecule is CC(CCc1ccco1)Nc1cc(Cl)ccc1C(N)=S. The molecule has 1 unspecified atom stereocenters. The predicted molar refractivity (Wildman–Crippen MR) is 87.5 cm³/mol. The Hall–Kier alpha value is -1.52. The van der Waals surface area contributed by atoms with E-state index in [1.54, 1.807) is 12.3 Å². The van der Waals surface area contributed by atoms with E-state index in [9.17, 15) is 0 Å². The van der Waals surface area contributed by atoms with E-state index in [1.807, 2.05) is 24.3 Å². The summed E-state index contributed by atoms with van der Waals surface area (Å²) in [7, 11) is 0. The number of benzene rings is 1. The molecular weight excluding hydrogens is 292 g/mol. The van der Waals surface area contributed by atoms with E-state index in [2.05, 4.69) is 12.2 Å². The van der Waals surface area contributed by atoms with Crippen LogP contribution in [0.5, 0.6) is 0 Å². The van der Waals surface area contributed by atoms with Crippen molar-refractivity contribution in [2.75, 3.05) is 5.32 Å². The van der Waals surface area contributed by atoms with Crippen molar-refractivity contribution in [1.82, 2.24) is 0 Å². The molecule has 20 heavy (non-hydrogen) atoms. The summed E-state index contributed by atoms with van der Waals surface area (Å²) in [5.41, 5.74) is 7.41. The lowest BCUT2D eigenvalue weighted by Crippen LogP contribution is -2.20. The van der Waals surface area contributed by atoms with Crippen LogP contribution in [0.3, 0.4) is 0 Å². The number of aryl methyl sites for hydroxylation is 1. The van der Waals surface area contributed by atoms with Gasteiger partial charge in [0.1, 0.15) is 10.7 Å². The van der Waals surface area contributed by atoms with Gasteiger partial charge in [0.05, 0.1) is 6.26 Å². The Balaban J connectivity index is 2.01. The second-order valence-corrected chi connectivity index (χ2v) is 5.59. The van der Waals surface area contributed by atoms with Crippen LogP contribution in [0.2, 0.25) is 5.02 Å². The number of hydrogen-bond donors (Lipinski definition) is 2. The van der Waals surface area contributed by atoms with Crippen LogP contribution in [0.1, 0.15) is 24.7 Å². The molecule has 0 aliphatic heterocycles. The van der Waals surface area contributed by atoms with Gasteiger partial charge in [-0.15, -0.1) is 0 Å². The minimum atomic E-state index is 0.256. The summed E-state index contributed by atoms with van der Waals surface area (Å²) >= 11 is 11.1. The molecule has 0 bridgehead atoms.